The zero-order chi connectivity index (χ0) is 38.5. The molecule has 8 atom stereocenters. The van der Waals surface area contributed by atoms with Crippen LogP contribution in [0.4, 0.5) is 10.5 Å². The molecule has 52 heavy (non-hydrogen) atoms. The number of carbonyl (C=O) groups is 4. The van der Waals surface area contributed by atoms with E-state index in [2.05, 4.69) is 5.32 Å². The number of likely N-dealkylation sites (N-methyl/N-ethyl adjacent to an activating group) is 1. The largest absolute Gasteiger partial charge is 0.495 e. The number of methoxy groups -OCH3 is 2. The molecule has 2 unspecified atom stereocenters. The minimum absolute atomic E-state index is 0.0452. The summed E-state index contributed by atoms with van der Waals surface area (Å²) < 4.78 is 29.2. The van der Waals surface area contributed by atoms with E-state index in [0.29, 0.717) is 23.6 Å². The molecule has 2 saturated heterocycles. The third kappa shape index (κ3) is 9.40. The van der Waals surface area contributed by atoms with Gasteiger partial charge in [-0.05, 0) is 51.1 Å². The first-order valence-corrected chi connectivity index (χ1v) is 20.1. The van der Waals surface area contributed by atoms with Crippen LogP contribution in [0.15, 0.2) is 35.9 Å². The fourth-order valence-electron chi connectivity index (χ4n) is 6.61. The highest BCUT2D eigenvalue weighted by molar-refractivity contribution is 8.76. The van der Waals surface area contributed by atoms with Crippen molar-refractivity contribution in [1.82, 2.24) is 10.2 Å². The molecule has 0 aromatic heterocycles. The molecule has 3 amide bonds. The van der Waals surface area contributed by atoms with Crippen LogP contribution in [-0.4, -0.2) is 116 Å². The van der Waals surface area contributed by atoms with E-state index in [1.807, 2.05) is 19.3 Å². The molecule has 3 aliphatic rings. The van der Waals surface area contributed by atoms with Gasteiger partial charge in [0.25, 0.3) is 0 Å². The number of epoxide rings is 1. The molecule has 0 radical (unpaired) electrons. The lowest BCUT2D eigenvalue weighted by Crippen LogP contribution is -2.63. The molecule has 0 aliphatic carbocycles. The third-order valence-corrected chi connectivity index (χ3v) is 12.2. The summed E-state index contributed by atoms with van der Waals surface area (Å²) in [7, 11) is 9.14. The van der Waals surface area contributed by atoms with E-state index in [1.54, 1.807) is 73.7 Å². The Bertz CT molecular complexity index is 1580. The van der Waals surface area contributed by atoms with E-state index < -0.39 is 65.7 Å². The van der Waals surface area contributed by atoms with Crippen LogP contribution < -0.4 is 15.0 Å². The molecule has 4 bridgehead atoms. The Morgan fingerprint density at radius 2 is 1.98 bits per heavy atom. The normalized spacial score (nSPS) is 31.6. The number of esters is 1. The van der Waals surface area contributed by atoms with Gasteiger partial charge in [0.05, 0.1) is 25.3 Å². The molecule has 4 rings (SSSR count). The van der Waals surface area contributed by atoms with Crippen molar-refractivity contribution in [3.8, 4) is 5.75 Å². The van der Waals surface area contributed by atoms with Crippen molar-refractivity contribution in [1.29, 1.82) is 0 Å². The van der Waals surface area contributed by atoms with Gasteiger partial charge in [-0.3, -0.25) is 14.9 Å². The predicted molar refractivity (Wildman–Crippen MR) is 202 cm³/mol. The number of allylic oxidation sites excluding steroid dienone is 3. The van der Waals surface area contributed by atoms with Gasteiger partial charge in [0.15, 0.2) is 5.72 Å². The Balaban J connectivity index is 1.74. The molecular formula is C36H50ClN3O10S2. The minimum atomic E-state index is -1.82. The lowest BCUT2D eigenvalue weighted by Gasteiger charge is -2.42. The maximum absolute atomic E-state index is 14.1. The second-order valence-electron chi connectivity index (χ2n) is 13.6. The number of rotatable bonds is 9. The number of anilines is 1. The second kappa shape index (κ2) is 17.5. The minimum Gasteiger partial charge on any atom is -0.495 e. The summed E-state index contributed by atoms with van der Waals surface area (Å²) in [6.07, 6.45) is 3.17. The van der Waals surface area contributed by atoms with Crippen molar-refractivity contribution in [3.05, 3.63) is 46.5 Å². The number of aliphatic hydroxyl groups is 1. The van der Waals surface area contributed by atoms with Crippen molar-refractivity contribution in [2.24, 2.45) is 5.92 Å². The van der Waals surface area contributed by atoms with Crippen molar-refractivity contribution in [3.63, 3.8) is 0 Å². The summed E-state index contributed by atoms with van der Waals surface area (Å²) >= 11 is 6.75. The fraction of sp³-hybridized carbons (Fsp3) is 0.611. The number of halogens is 1. The summed E-state index contributed by atoms with van der Waals surface area (Å²) in [5, 5.41) is 14.5. The molecule has 2 fully saturated rings. The summed E-state index contributed by atoms with van der Waals surface area (Å²) in [6.45, 7) is 7.02. The van der Waals surface area contributed by atoms with Gasteiger partial charge in [-0.25, -0.2) is 9.59 Å². The van der Waals surface area contributed by atoms with E-state index >= 15 is 0 Å². The Hall–Kier alpha value is -2.95. The standard InChI is InChI=1S/C36H50ClN3O10S2/c1-20-11-10-12-27(47-8)36(45)19-26(48-34(44)38-36)21(2)32-35(4,50-32)28(49-33(43)22(3)39(5)29(41)13-14-52-51-9)18-30(42)40(6)24-16-23(15-20)17-25(46-7)31(24)37/h10-12,16-17,21-22,26-28,32,45H,13-15,18-19H2,1-9H3,(H,38,44)/b12-10+,20-11+/t21?,22-,26-,27+,28-,32?,35-,36-/m0/s1. The van der Waals surface area contributed by atoms with Gasteiger partial charge in [-0.2, -0.15) is 0 Å². The van der Waals surface area contributed by atoms with Crippen molar-refractivity contribution in [2.75, 3.05) is 45.2 Å². The second-order valence-corrected chi connectivity index (χ2v) is 16.7. The Kier molecular flexibility index (Phi) is 14.0. The first-order valence-electron chi connectivity index (χ1n) is 17.0. The van der Waals surface area contributed by atoms with Crippen molar-refractivity contribution < 1.29 is 48.0 Å². The molecule has 2 N–H and O–H groups in total. The summed E-state index contributed by atoms with van der Waals surface area (Å²) in [5.41, 5.74) is -0.884. The molecule has 16 heteroatoms. The molecule has 1 aromatic carbocycles. The van der Waals surface area contributed by atoms with Gasteiger partial charge < -0.3 is 38.6 Å². The molecule has 0 spiro atoms. The van der Waals surface area contributed by atoms with E-state index in [9.17, 15) is 24.3 Å². The van der Waals surface area contributed by atoms with Crippen LogP contribution >= 0.6 is 33.2 Å². The number of carbonyl (C=O) groups excluding carboxylic acids is 4. The molecule has 3 aliphatic heterocycles. The number of hydrogen-bond acceptors (Lipinski definition) is 12. The SMILES string of the molecule is COc1cc2cc(c1Cl)N(C)C(=O)C[C@H](OC(=O)[C@H](C)N(C)C(=O)CCSSC)[C@]1(C)OC1C(C)[C@@H]1C[C@@](O)(NC(=O)O1)[C@H](OC)/C=C/C=C(\C)C2. The molecule has 1 aromatic rings. The number of hydrogen-bond donors (Lipinski definition) is 2. The number of alkyl carbamates (subject to hydrolysis) is 1. The lowest BCUT2D eigenvalue weighted by molar-refractivity contribution is -0.161. The highest BCUT2D eigenvalue weighted by atomic mass is 35.5. The average molecular weight is 784 g/mol. The van der Waals surface area contributed by atoms with Crippen molar-refractivity contribution >= 4 is 62.8 Å². The van der Waals surface area contributed by atoms with Gasteiger partial charge in [0, 0.05) is 45.7 Å². The van der Waals surface area contributed by atoms with Crippen LogP contribution in [0.5, 0.6) is 5.75 Å². The maximum atomic E-state index is 14.1. The Labute approximate surface area is 318 Å². The van der Waals surface area contributed by atoms with Crippen LogP contribution in [0.1, 0.15) is 52.5 Å². The van der Waals surface area contributed by atoms with Crippen LogP contribution in [0, 0.1) is 5.92 Å². The highest BCUT2D eigenvalue weighted by Crippen LogP contribution is 2.49. The number of amides is 3. The maximum Gasteiger partial charge on any atom is 0.409 e. The summed E-state index contributed by atoms with van der Waals surface area (Å²) in [5.74, 6) is -0.916. The van der Waals surface area contributed by atoms with Crippen LogP contribution in [-0.2, 0) is 39.8 Å². The molecule has 13 nitrogen and oxygen atoms in total. The Morgan fingerprint density at radius 1 is 1.27 bits per heavy atom. The predicted octanol–water partition coefficient (Wildman–Crippen LogP) is 4.92. The van der Waals surface area contributed by atoms with Crippen molar-refractivity contribution in [2.45, 2.75) is 95.2 Å². The first-order chi connectivity index (χ1) is 24.5. The fourth-order valence-corrected chi connectivity index (χ4v) is 8.09. The number of fused-ring (bicyclic) bond motifs is 5. The summed E-state index contributed by atoms with van der Waals surface area (Å²) in [4.78, 5) is 56.2. The topological polar surface area (TPSA) is 156 Å². The van der Waals surface area contributed by atoms with Crippen LogP contribution in [0.3, 0.4) is 0 Å². The summed E-state index contributed by atoms with van der Waals surface area (Å²) in [6, 6.07) is 2.63. The van der Waals surface area contributed by atoms with Gasteiger partial charge in [-0.15, -0.1) is 0 Å². The quantitative estimate of drug-likeness (QED) is 0.151. The number of nitrogens with one attached hydrogen (secondary N) is 1. The highest BCUT2D eigenvalue weighted by Gasteiger charge is 2.64. The molecule has 0 saturated carbocycles. The third-order valence-electron chi connectivity index (χ3n) is 10.0. The van der Waals surface area contributed by atoms with Crippen LogP contribution in [0.2, 0.25) is 5.02 Å². The van der Waals surface area contributed by atoms with Gasteiger partial charge in [0.2, 0.25) is 11.8 Å². The van der Waals surface area contributed by atoms with E-state index in [0.717, 1.165) is 11.1 Å². The number of benzene rings is 1. The van der Waals surface area contributed by atoms with Gasteiger partial charge >= 0.3 is 12.1 Å². The van der Waals surface area contributed by atoms with Gasteiger partial charge in [-0.1, -0.05) is 63.9 Å². The molecule has 288 valence electrons. The number of ether oxygens (including phenoxy) is 5. The average Bonchev–Trinajstić information content (AvgIpc) is 3.80. The Morgan fingerprint density at radius 3 is 2.63 bits per heavy atom. The smallest absolute Gasteiger partial charge is 0.409 e. The zero-order valence-corrected chi connectivity index (χ0v) is 33.5. The molecule has 3 heterocycles. The zero-order valence-electron chi connectivity index (χ0n) is 31.1. The van der Waals surface area contributed by atoms with Crippen LogP contribution in [0.25, 0.3) is 0 Å². The molecular weight excluding hydrogens is 734 g/mol. The van der Waals surface area contributed by atoms with E-state index in [4.69, 9.17) is 35.3 Å². The first kappa shape index (κ1) is 41.8. The lowest BCUT2D eigenvalue weighted by atomic mass is 9.83. The van der Waals surface area contributed by atoms with E-state index in [1.165, 1.54) is 31.1 Å². The number of nitrogens with zero attached hydrogens (tertiary/aromatic N) is 2. The monoisotopic (exact) mass is 783 g/mol. The van der Waals surface area contributed by atoms with Gasteiger partial charge in [0.1, 0.15) is 40.7 Å². The van der Waals surface area contributed by atoms with E-state index in [-0.39, 0.29) is 30.2 Å².